The number of hydrogen-bond acceptors (Lipinski definition) is 5. The number of aromatic nitrogens is 2. The quantitative estimate of drug-likeness (QED) is 0.750. The summed E-state index contributed by atoms with van der Waals surface area (Å²) in [6.45, 7) is 2.13. The van der Waals surface area contributed by atoms with E-state index in [1.807, 2.05) is 12.1 Å². The summed E-state index contributed by atoms with van der Waals surface area (Å²) < 4.78 is 0. The van der Waals surface area contributed by atoms with Crippen molar-refractivity contribution in [1.29, 1.82) is 0 Å². The van der Waals surface area contributed by atoms with Crippen LogP contribution in [0.1, 0.15) is 57.8 Å². The molecule has 1 aliphatic heterocycles. The smallest absolute Gasteiger partial charge is 0.226 e. The molecule has 0 aromatic carbocycles. The lowest BCUT2D eigenvalue weighted by atomic mass is 9.49. The van der Waals surface area contributed by atoms with E-state index < -0.39 is 0 Å². The first-order valence-electron chi connectivity index (χ1n) is 11.7. The second-order valence-electron chi connectivity index (χ2n) is 10.1. The summed E-state index contributed by atoms with van der Waals surface area (Å²) >= 11 is 0. The lowest BCUT2D eigenvalue weighted by Gasteiger charge is -2.55. The molecule has 4 saturated carbocycles. The van der Waals surface area contributed by atoms with Crippen LogP contribution in [0.15, 0.2) is 18.3 Å². The van der Waals surface area contributed by atoms with Gasteiger partial charge in [-0.1, -0.05) is 0 Å². The van der Waals surface area contributed by atoms with E-state index in [0.717, 1.165) is 68.8 Å². The molecule has 2 amide bonds. The molecule has 4 aliphatic carbocycles. The van der Waals surface area contributed by atoms with Crippen molar-refractivity contribution < 1.29 is 9.59 Å². The first-order chi connectivity index (χ1) is 14.6. The standard InChI is InChI=1S/C23H33N5O2/c29-21(26-19-3-2-8-28(15-19)20-4-1-6-25-27-20)5-7-24-22(30)23-12-16-9-17(13-23)11-18(10-16)14-23/h1,4,6,16-19H,2-3,5,7-15H2,(H,24,30)(H,26,29). The first-order valence-corrected chi connectivity index (χ1v) is 11.7. The van der Waals surface area contributed by atoms with Gasteiger partial charge in [0.05, 0.1) is 0 Å². The molecule has 1 atom stereocenters. The van der Waals surface area contributed by atoms with Gasteiger partial charge in [0, 0.05) is 43.7 Å². The van der Waals surface area contributed by atoms with Gasteiger partial charge in [-0.25, -0.2) is 0 Å². The Morgan fingerprint density at radius 1 is 1.13 bits per heavy atom. The maximum atomic E-state index is 13.0. The second kappa shape index (κ2) is 8.16. The van der Waals surface area contributed by atoms with Crippen molar-refractivity contribution in [3.05, 3.63) is 18.3 Å². The molecule has 1 aromatic heterocycles. The molecule has 4 bridgehead atoms. The number of nitrogens with one attached hydrogen (secondary N) is 2. The molecule has 1 saturated heterocycles. The van der Waals surface area contributed by atoms with Gasteiger partial charge in [0.15, 0.2) is 5.82 Å². The van der Waals surface area contributed by atoms with Crippen molar-refractivity contribution in [3.63, 3.8) is 0 Å². The molecule has 0 spiro atoms. The van der Waals surface area contributed by atoms with Crippen LogP contribution in [0.5, 0.6) is 0 Å². The summed E-state index contributed by atoms with van der Waals surface area (Å²) in [5.74, 6) is 3.36. The van der Waals surface area contributed by atoms with Gasteiger partial charge in [0.1, 0.15) is 0 Å². The third kappa shape index (κ3) is 4.03. The fourth-order valence-electron chi connectivity index (χ4n) is 6.93. The molecule has 2 heterocycles. The van der Waals surface area contributed by atoms with Crippen LogP contribution in [0.2, 0.25) is 0 Å². The van der Waals surface area contributed by atoms with E-state index in [-0.39, 0.29) is 23.3 Å². The maximum Gasteiger partial charge on any atom is 0.226 e. The van der Waals surface area contributed by atoms with Crippen LogP contribution in [0.4, 0.5) is 5.82 Å². The molecule has 7 nitrogen and oxygen atoms in total. The molecule has 5 aliphatic rings. The Morgan fingerprint density at radius 3 is 2.53 bits per heavy atom. The summed E-state index contributed by atoms with van der Waals surface area (Å²) in [5, 5.41) is 14.4. The van der Waals surface area contributed by atoms with Gasteiger partial charge in [-0.3, -0.25) is 9.59 Å². The molecule has 2 N–H and O–H groups in total. The predicted octanol–water partition coefficient (Wildman–Crippen LogP) is 2.28. The Hall–Kier alpha value is -2.18. The topological polar surface area (TPSA) is 87.2 Å². The fraction of sp³-hybridized carbons (Fsp3) is 0.739. The average Bonchev–Trinajstić information content (AvgIpc) is 2.73. The number of anilines is 1. The summed E-state index contributed by atoms with van der Waals surface area (Å²) in [5.41, 5.74) is -0.133. The monoisotopic (exact) mass is 411 g/mol. The van der Waals surface area contributed by atoms with Crippen molar-refractivity contribution in [1.82, 2.24) is 20.8 Å². The molecule has 7 heteroatoms. The molecule has 6 rings (SSSR count). The highest BCUT2D eigenvalue weighted by molar-refractivity contribution is 5.84. The van der Waals surface area contributed by atoms with Crippen molar-refractivity contribution in [3.8, 4) is 0 Å². The van der Waals surface area contributed by atoms with Gasteiger partial charge in [-0.2, -0.15) is 5.10 Å². The van der Waals surface area contributed by atoms with Crippen molar-refractivity contribution >= 4 is 17.6 Å². The van der Waals surface area contributed by atoms with E-state index in [1.165, 1.54) is 19.3 Å². The number of piperidine rings is 1. The molecular weight excluding hydrogens is 378 g/mol. The van der Waals surface area contributed by atoms with Gasteiger partial charge < -0.3 is 15.5 Å². The SMILES string of the molecule is O=C(CCNC(=O)C12CC3CC(CC(C3)C1)C2)NC1CCCN(c2cccnn2)C1. The van der Waals surface area contributed by atoms with E-state index in [4.69, 9.17) is 0 Å². The molecule has 1 unspecified atom stereocenters. The second-order valence-corrected chi connectivity index (χ2v) is 10.1. The molecule has 5 fully saturated rings. The summed E-state index contributed by atoms with van der Waals surface area (Å²) in [6.07, 6.45) is 11.2. The Morgan fingerprint density at radius 2 is 1.87 bits per heavy atom. The highest BCUT2D eigenvalue weighted by Gasteiger charge is 2.54. The van der Waals surface area contributed by atoms with Gasteiger partial charge in [0.2, 0.25) is 11.8 Å². The minimum atomic E-state index is -0.133. The number of carbonyl (C=O) groups is 2. The fourth-order valence-corrected chi connectivity index (χ4v) is 6.93. The molecule has 1 aromatic rings. The number of carbonyl (C=O) groups excluding carboxylic acids is 2. The van der Waals surface area contributed by atoms with E-state index in [9.17, 15) is 9.59 Å². The van der Waals surface area contributed by atoms with Gasteiger partial charge >= 0.3 is 0 Å². The van der Waals surface area contributed by atoms with Gasteiger partial charge in [0.25, 0.3) is 0 Å². The third-order valence-electron chi connectivity index (χ3n) is 7.83. The van der Waals surface area contributed by atoms with Gasteiger partial charge in [-0.15, -0.1) is 5.10 Å². The predicted molar refractivity (Wildman–Crippen MR) is 114 cm³/mol. The minimum absolute atomic E-state index is 0.0202. The average molecular weight is 412 g/mol. The largest absolute Gasteiger partial charge is 0.355 e. The zero-order valence-electron chi connectivity index (χ0n) is 17.7. The highest BCUT2D eigenvalue weighted by atomic mass is 16.2. The maximum absolute atomic E-state index is 13.0. The molecule has 162 valence electrons. The number of amides is 2. The summed E-state index contributed by atoms with van der Waals surface area (Å²) in [4.78, 5) is 27.7. The van der Waals surface area contributed by atoms with Crippen LogP contribution < -0.4 is 15.5 Å². The Labute approximate surface area is 178 Å². The zero-order valence-corrected chi connectivity index (χ0v) is 17.7. The Bertz CT molecular complexity index is 748. The van der Waals surface area contributed by atoms with Crippen LogP contribution in [-0.4, -0.2) is 47.7 Å². The zero-order chi connectivity index (χ0) is 20.6. The van der Waals surface area contributed by atoms with E-state index in [0.29, 0.717) is 13.0 Å². The van der Waals surface area contributed by atoms with Crippen LogP contribution in [-0.2, 0) is 9.59 Å². The van der Waals surface area contributed by atoms with Crippen LogP contribution >= 0.6 is 0 Å². The molecule has 0 radical (unpaired) electrons. The highest BCUT2D eigenvalue weighted by Crippen LogP contribution is 2.60. The molecular formula is C23H33N5O2. The van der Waals surface area contributed by atoms with E-state index in [2.05, 4.69) is 25.7 Å². The third-order valence-corrected chi connectivity index (χ3v) is 7.83. The minimum Gasteiger partial charge on any atom is -0.355 e. The van der Waals surface area contributed by atoms with E-state index >= 15 is 0 Å². The van der Waals surface area contributed by atoms with E-state index in [1.54, 1.807) is 6.20 Å². The summed E-state index contributed by atoms with van der Waals surface area (Å²) in [6, 6.07) is 3.96. The summed E-state index contributed by atoms with van der Waals surface area (Å²) in [7, 11) is 0. The van der Waals surface area contributed by atoms with Crippen molar-refractivity contribution in [2.24, 2.45) is 23.2 Å². The lowest BCUT2D eigenvalue weighted by molar-refractivity contribution is -0.146. The van der Waals surface area contributed by atoms with Crippen LogP contribution in [0.3, 0.4) is 0 Å². The number of rotatable bonds is 6. The Kier molecular flexibility index (Phi) is 5.37. The molecule has 30 heavy (non-hydrogen) atoms. The normalized spacial score (nSPS) is 34.6. The number of nitrogens with zero attached hydrogens (tertiary/aromatic N) is 3. The van der Waals surface area contributed by atoms with Crippen LogP contribution in [0, 0.1) is 23.2 Å². The van der Waals surface area contributed by atoms with Crippen molar-refractivity contribution in [2.75, 3.05) is 24.5 Å². The number of hydrogen-bond donors (Lipinski definition) is 2. The first kappa shape index (κ1) is 19.8. The Balaban J connectivity index is 1.07. The van der Waals surface area contributed by atoms with Crippen LogP contribution in [0.25, 0.3) is 0 Å². The van der Waals surface area contributed by atoms with Gasteiger partial charge in [-0.05, 0) is 81.3 Å². The lowest BCUT2D eigenvalue weighted by Crippen LogP contribution is -2.54. The van der Waals surface area contributed by atoms with Crippen molar-refractivity contribution in [2.45, 2.75) is 63.8 Å².